The minimum atomic E-state index is -3.95. The molecule has 0 spiro atoms. The molecule has 17 heteroatoms. The molecule has 2 aliphatic carbocycles. The topological polar surface area (TPSA) is 195 Å². The number of hydrogen-bond donors (Lipinski definition) is 3. The van der Waals surface area contributed by atoms with Crippen LogP contribution in [-0.2, 0) is 29.1 Å². The number of benzene rings is 2. The van der Waals surface area contributed by atoms with Crippen LogP contribution < -0.4 is 24.8 Å². The van der Waals surface area contributed by atoms with Crippen molar-refractivity contribution in [3.05, 3.63) is 66.2 Å². The second-order valence-electron chi connectivity index (χ2n) is 17.7. The maximum absolute atomic E-state index is 14.8. The predicted molar refractivity (Wildman–Crippen MR) is 225 cm³/mol. The molecular formula is C43H50ClN5O10S. The molecule has 3 N–H and O–H groups in total. The third kappa shape index (κ3) is 8.49. The lowest BCUT2D eigenvalue weighted by Gasteiger charge is -2.36. The number of halogens is 1. The van der Waals surface area contributed by atoms with Crippen molar-refractivity contribution in [2.24, 2.45) is 11.3 Å². The van der Waals surface area contributed by atoms with Gasteiger partial charge in [-0.3, -0.25) is 19.1 Å². The Morgan fingerprint density at radius 2 is 1.75 bits per heavy atom. The lowest BCUT2D eigenvalue weighted by Crippen LogP contribution is -2.60. The number of pyridine rings is 1. The second-order valence-corrected chi connectivity index (χ2v) is 20.1. The zero-order valence-electron chi connectivity index (χ0n) is 34.6. The quantitative estimate of drug-likeness (QED) is 0.136. The van der Waals surface area contributed by atoms with E-state index in [1.807, 2.05) is 30.3 Å². The molecule has 0 bridgehead atoms. The van der Waals surface area contributed by atoms with Gasteiger partial charge in [0.2, 0.25) is 21.8 Å². The number of sulfonamides is 1. The van der Waals surface area contributed by atoms with E-state index in [0.717, 1.165) is 5.56 Å². The number of likely N-dealkylation sites (tertiary alicyclic amines) is 1. The molecule has 1 saturated heterocycles. The maximum atomic E-state index is 14.8. The van der Waals surface area contributed by atoms with Gasteiger partial charge < -0.3 is 34.2 Å². The molecule has 2 aromatic carbocycles. The highest BCUT2D eigenvalue weighted by Crippen LogP contribution is 2.46. The Balaban J connectivity index is 1.26. The van der Waals surface area contributed by atoms with Gasteiger partial charge in [-0.1, -0.05) is 68.8 Å². The van der Waals surface area contributed by atoms with Crippen molar-refractivity contribution in [2.45, 2.75) is 102 Å². The maximum Gasteiger partial charge on any atom is 0.408 e. The SMILES string of the molecule is C=CC1CC1(NC(=O)C1CC(Oc2cc(-c3ccccc3)nc3c2oc2ccc(OC)c(Cl)c23)CN1C(=O)C(NC(=O)OC(C)(C)C)C(C)(C)C)C(=O)NS(=O)(=O)C1CC1. The van der Waals surface area contributed by atoms with Crippen molar-refractivity contribution in [1.29, 1.82) is 0 Å². The van der Waals surface area contributed by atoms with Crippen molar-refractivity contribution in [1.82, 2.24) is 25.2 Å². The van der Waals surface area contributed by atoms with Crippen LogP contribution in [0.15, 0.2) is 65.6 Å². The summed E-state index contributed by atoms with van der Waals surface area (Å²) < 4.78 is 51.8. The van der Waals surface area contributed by atoms with Crippen LogP contribution in [0.2, 0.25) is 5.02 Å². The fourth-order valence-corrected chi connectivity index (χ4v) is 9.24. The summed E-state index contributed by atoms with van der Waals surface area (Å²) in [4.78, 5) is 62.3. The van der Waals surface area contributed by atoms with Crippen LogP contribution in [-0.4, -0.2) is 90.3 Å². The Morgan fingerprint density at radius 1 is 1.05 bits per heavy atom. The Morgan fingerprint density at radius 3 is 2.35 bits per heavy atom. The minimum absolute atomic E-state index is 0.0585. The molecule has 0 radical (unpaired) electrons. The van der Waals surface area contributed by atoms with Crippen LogP contribution in [0.25, 0.3) is 33.3 Å². The van der Waals surface area contributed by atoms with E-state index in [4.69, 9.17) is 35.2 Å². The number of hydrogen-bond acceptors (Lipinski definition) is 11. The van der Waals surface area contributed by atoms with Crippen molar-refractivity contribution < 1.29 is 46.2 Å². The van der Waals surface area contributed by atoms with Crippen molar-refractivity contribution >= 4 is 67.5 Å². The molecule has 2 saturated carbocycles. The first-order valence-corrected chi connectivity index (χ1v) is 21.7. The van der Waals surface area contributed by atoms with Gasteiger partial charge >= 0.3 is 6.09 Å². The summed E-state index contributed by atoms with van der Waals surface area (Å²) in [5.41, 5.74) is -0.939. The summed E-state index contributed by atoms with van der Waals surface area (Å²) in [5, 5.41) is 5.64. The number of nitrogens with zero attached hydrogens (tertiary/aromatic N) is 2. The molecule has 320 valence electrons. The molecule has 3 aliphatic rings. The second kappa shape index (κ2) is 15.6. The molecule has 60 heavy (non-hydrogen) atoms. The fraction of sp³-hybridized carbons (Fsp3) is 0.465. The summed E-state index contributed by atoms with van der Waals surface area (Å²) in [6, 6.07) is 12.1. The van der Waals surface area contributed by atoms with E-state index < -0.39 is 79.7 Å². The van der Waals surface area contributed by atoms with Gasteiger partial charge in [-0.15, -0.1) is 6.58 Å². The Bertz CT molecular complexity index is 2490. The molecule has 3 heterocycles. The Labute approximate surface area is 353 Å². The highest BCUT2D eigenvalue weighted by Gasteiger charge is 2.62. The van der Waals surface area contributed by atoms with Gasteiger partial charge in [0.15, 0.2) is 11.3 Å². The van der Waals surface area contributed by atoms with Gasteiger partial charge in [-0.2, -0.15) is 0 Å². The molecule has 5 atom stereocenters. The highest BCUT2D eigenvalue weighted by atomic mass is 35.5. The molecule has 15 nitrogen and oxygen atoms in total. The van der Waals surface area contributed by atoms with Crippen LogP contribution in [0.4, 0.5) is 4.79 Å². The van der Waals surface area contributed by atoms with E-state index in [2.05, 4.69) is 21.9 Å². The predicted octanol–water partition coefficient (Wildman–Crippen LogP) is 6.27. The highest BCUT2D eigenvalue weighted by molar-refractivity contribution is 7.91. The molecular weight excluding hydrogens is 814 g/mol. The molecule has 2 aromatic heterocycles. The number of rotatable bonds is 12. The Kier molecular flexibility index (Phi) is 11.1. The van der Waals surface area contributed by atoms with Gasteiger partial charge in [0.05, 0.1) is 35.0 Å². The summed E-state index contributed by atoms with van der Waals surface area (Å²) in [7, 11) is -2.44. The summed E-state index contributed by atoms with van der Waals surface area (Å²) in [6.45, 7) is 14.1. The first-order chi connectivity index (χ1) is 28.2. The number of carbonyl (C=O) groups excluding carboxylic acids is 4. The number of alkyl carbamates (subject to hydrolysis) is 1. The van der Waals surface area contributed by atoms with E-state index >= 15 is 0 Å². The average molecular weight is 864 g/mol. The van der Waals surface area contributed by atoms with Gasteiger partial charge in [0.1, 0.15) is 46.2 Å². The number of furan rings is 1. The fourth-order valence-electron chi connectivity index (χ4n) is 7.55. The number of methoxy groups -OCH3 is 1. The van der Waals surface area contributed by atoms with Crippen molar-refractivity contribution in [3.63, 3.8) is 0 Å². The number of ether oxygens (including phenoxy) is 3. The van der Waals surface area contributed by atoms with E-state index in [9.17, 15) is 27.6 Å². The van der Waals surface area contributed by atoms with E-state index in [1.165, 1.54) is 18.1 Å². The lowest BCUT2D eigenvalue weighted by atomic mass is 9.85. The number of fused-ring (bicyclic) bond motifs is 3. The molecule has 1 aliphatic heterocycles. The van der Waals surface area contributed by atoms with Crippen LogP contribution in [0.3, 0.4) is 0 Å². The molecule has 4 amide bonds. The van der Waals surface area contributed by atoms with E-state index in [-0.39, 0.29) is 30.7 Å². The van der Waals surface area contributed by atoms with Gasteiger partial charge in [0.25, 0.3) is 5.91 Å². The largest absolute Gasteiger partial charge is 0.495 e. The lowest BCUT2D eigenvalue weighted by molar-refractivity contribution is -0.143. The third-order valence-corrected chi connectivity index (χ3v) is 13.1. The molecule has 7 rings (SSSR count). The summed E-state index contributed by atoms with van der Waals surface area (Å²) >= 11 is 6.82. The number of aromatic nitrogens is 1. The van der Waals surface area contributed by atoms with Gasteiger partial charge in [-0.25, -0.2) is 18.2 Å². The summed E-state index contributed by atoms with van der Waals surface area (Å²) in [6.07, 6.45) is 0.746. The summed E-state index contributed by atoms with van der Waals surface area (Å²) in [5.74, 6) is -2.07. The smallest absolute Gasteiger partial charge is 0.408 e. The monoisotopic (exact) mass is 863 g/mol. The van der Waals surface area contributed by atoms with Crippen molar-refractivity contribution in [3.8, 4) is 22.8 Å². The van der Waals surface area contributed by atoms with Crippen molar-refractivity contribution in [2.75, 3.05) is 13.7 Å². The number of carbonyl (C=O) groups is 4. The molecule has 3 fully saturated rings. The minimum Gasteiger partial charge on any atom is -0.495 e. The normalized spacial score (nSPS) is 22.2. The standard InChI is InChI=1S/C43H50ClN5O10S/c1-9-24-21-43(24,39(52)48-60(54,55)26-15-16-26)47-37(50)28-19-25(22-49(28)38(51)36(41(2,3)4)46-40(53)59-42(5,6)7)57-31-20-27(23-13-11-10-12-14-23)45-34-32-29(58-35(31)34)17-18-30(56-8)33(32)44/h9-14,17-18,20,24-26,28,36H,1,15-16,19,21-22H2,2-8H3,(H,46,53)(H,47,50)(H,48,52). The average Bonchev–Trinajstić information content (AvgIpc) is 4.08. The van der Waals surface area contributed by atoms with E-state index in [1.54, 1.807) is 59.7 Å². The number of nitrogens with one attached hydrogen (secondary N) is 3. The zero-order chi connectivity index (χ0) is 43.5. The molecule has 4 aromatic rings. The molecule has 5 unspecified atom stereocenters. The Hall–Kier alpha value is -5.35. The van der Waals surface area contributed by atoms with Crippen LogP contribution in [0, 0.1) is 11.3 Å². The number of amides is 4. The van der Waals surface area contributed by atoms with Crippen LogP contribution >= 0.6 is 11.6 Å². The van der Waals surface area contributed by atoms with Crippen LogP contribution in [0.5, 0.6) is 11.5 Å². The first-order valence-electron chi connectivity index (χ1n) is 19.8. The third-order valence-electron chi connectivity index (χ3n) is 10.9. The van der Waals surface area contributed by atoms with Gasteiger partial charge in [0, 0.05) is 24.0 Å². The van der Waals surface area contributed by atoms with Crippen LogP contribution in [0.1, 0.15) is 67.2 Å². The first kappa shape index (κ1) is 42.8. The van der Waals surface area contributed by atoms with Gasteiger partial charge in [-0.05, 0) is 57.6 Å². The van der Waals surface area contributed by atoms with E-state index in [0.29, 0.717) is 45.8 Å². The zero-order valence-corrected chi connectivity index (χ0v) is 36.2.